The highest BCUT2D eigenvalue weighted by Crippen LogP contribution is 2.41. The summed E-state index contributed by atoms with van der Waals surface area (Å²) in [4.78, 5) is 17.9. The molecule has 0 bridgehead atoms. The van der Waals surface area contributed by atoms with Crippen molar-refractivity contribution in [3.05, 3.63) is 53.6 Å². The molecule has 3 rings (SSSR count). The molecule has 6 nitrogen and oxygen atoms in total. The van der Waals surface area contributed by atoms with Gasteiger partial charge >= 0.3 is 5.97 Å². The fourth-order valence-electron chi connectivity index (χ4n) is 5.84. The maximum atomic E-state index is 12.9. The van der Waals surface area contributed by atoms with Crippen LogP contribution in [-0.2, 0) is 6.54 Å². The maximum Gasteiger partial charge on any atom is 0.343 e. The number of hydrogen-bond donors (Lipinski definition) is 0. The summed E-state index contributed by atoms with van der Waals surface area (Å²) in [6.45, 7) is 8.33. The Hall–Kier alpha value is -2.57. The summed E-state index contributed by atoms with van der Waals surface area (Å²) in [5, 5.41) is 0. The Balaban J connectivity index is 1.33. The zero-order valence-corrected chi connectivity index (χ0v) is 26.7. The van der Waals surface area contributed by atoms with Gasteiger partial charge < -0.3 is 19.1 Å². The first-order valence-electron chi connectivity index (χ1n) is 16.6. The molecule has 1 aliphatic rings. The minimum Gasteiger partial charge on any atom is -0.493 e. The van der Waals surface area contributed by atoms with E-state index in [4.69, 9.17) is 14.2 Å². The molecule has 0 aromatic heterocycles. The van der Waals surface area contributed by atoms with Gasteiger partial charge in [-0.2, -0.15) is 0 Å². The fraction of sp³-hybridized carbons (Fsp3) is 0.639. The Morgan fingerprint density at radius 2 is 1.19 bits per heavy atom. The van der Waals surface area contributed by atoms with Gasteiger partial charge in [-0.3, -0.25) is 4.90 Å². The van der Waals surface area contributed by atoms with Crippen LogP contribution in [0.3, 0.4) is 0 Å². The lowest BCUT2D eigenvalue weighted by Crippen LogP contribution is -2.46. The van der Waals surface area contributed by atoms with E-state index in [0.29, 0.717) is 29.4 Å². The fourth-order valence-corrected chi connectivity index (χ4v) is 5.84. The van der Waals surface area contributed by atoms with Crippen molar-refractivity contribution in [2.24, 2.45) is 0 Å². The SMILES string of the molecule is CCCCCCCCCCCCCCCCN1CCN(Cc2ccc(OC)c(OC)c2OC(=O)c2ccccc2)CC1. The molecule has 0 unspecified atom stereocenters. The third-order valence-corrected chi connectivity index (χ3v) is 8.47. The van der Waals surface area contributed by atoms with Gasteiger partial charge in [0.15, 0.2) is 11.5 Å². The van der Waals surface area contributed by atoms with Crippen molar-refractivity contribution < 1.29 is 19.0 Å². The van der Waals surface area contributed by atoms with Gasteiger partial charge in [-0.05, 0) is 31.2 Å². The summed E-state index contributed by atoms with van der Waals surface area (Å²) < 4.78 is 17.0. The smallest absolute Gasteiger partial charge is 0.343 e. The van der Waals surface area contributed by atoms with Gasteiger partial charge in [0, 0.05) is 38.3 Å². The Kier molecular flexibility index (Phi) is 16.4. The number of carbonyl (C=O) groups is 1. The van der Waals surface area contributed by atoms with E-state index < -0.39 is 5.97 Å². The average molecular weight is 581 g/mol. The predicted octanol–water partition coefficient (Wildman–Crippen LogP) is 8.52. The van der Waals surface area contributed by atoms with Crippen LogP contribution < -0.4 is 14.2 Å². The topological polar surface area (TPSA) is 51.2 Å². The van der Waals surface area contributed by atoms with Gasteiger partial charge in [0.2, 0.25) is 5.75 Å². The highest BCUT2D eigenvalue weighted by Gasteiger charge is 2.23. The minimum atomic E-state index is -0.401. The number of esters is 1. The van der Waals surface area contributed by atoms with Crippen LogP contribution in [0.4, 0.5) is 0 Å². The highest BCUT2D eigenvalue weighted by atomic mass is 16.6. The Morgan fingerprint density at radius 1 is 0.643 bits per heavy atom. The summed E-state index contributed by atoms with van der Waals surface area (Å²) >= 11 is 0. The van der Waals surface area contributed by atoms with Gasteiger partial charge in [0.1, 0.15) is 0 Å². The second kappa shape index (κ2) is 20.4. The molecule has 2 aromatic rings. The van der Waals surface area contributed by atoms with Crippen LogP contribution in [0, 0.1) is 0 Å². The molecule has 1 fully saturated rings. The molecule has 6 heteroatoms. The van der Waals surface area contributed by atoms with Gasteiger partial charge in [0.05, 0.1) is 19.8 Å². The summed E-state index contributed by atoms with van der Waals surface area (Å²) in [6.07, 6.45) is 19.6. The summed E-state index contributed by atoms with van der Waals surface area (Å²) in [5.74, 6) is 1.04. The Morgan fingerprint density at radius 3 is 1.74 bits per heavy atom. The van der Waals surface area contributed by atoms with Crippen molar-refractivity contribution in [1.29, 1.82) is 0 Å². The number of ether oxygens (including phenoxy) is 3. The molecule has 2 aromatic carbocycles. The number of hydrogen-bond acceptors (Lipinski definition) is 6. The molecule has 0 N–H and O–H groups in total. The van der Waals surface area contributed by atoms with Crippen molar-refractivity contribution in [2.75, 3.05) is 46.9 Å². The number of carbonyl (C=O) groups excluding carboxylic acids is 1. The van der Waals surface area contributed by atoms with Crippen LogP contribution in [-0.4, -0.2) is 62.7 Å². The first-order chi connectivity index (χ1) is 20.7. The predicted molar refractivity (Wildman–Crippen MR) is 173 cm³/mol. The molecule has 0 saturated carbocycles. The third-order valence-electron chi connectivity index (χ3n) is 8.47. The number of nitrogens with zero attached hydrogens (tertiary/aromatic N) is 2. The number of benzene rings is 2. The van der Waals surface area contributed by atoms with E-state index in [1.165, 1.54) is 96.4 Å². The monoisotopic (exact) mass is 580 g/mol. The van der Waals surface area contributed by atoms with E-state index in [1.807, 2.05) is 30.3 Å². The van der Waals surface area contributed by atoms with Crippen LogP contribution >= 0.6 is 0 Å². The van der Waals surface area contributed by atoms with Crippen LogP contribution in [0.5, 0.6) is 17.2 Å². The van der Waals surface area contributed by atoms with Gasteiger partial charge in [-0.15, -0.1) is 0 Å². The Bertz CT molecular complexity index is 1000. The summed E-state index contributed by atoms with van der Waals surface area (Å²) in [7, 11) is 3.18. The lowest BCUT2D eigenvalue weighted by molar-refractivity contribution is 0.0723. The lowest BCUT2D eigenvalue weighted by atomic mass is 10.0. The lowest BCUT2D eigenvalue weighted by Gasteiger charge is -2.35. The molecular formula is C36H56N2O4. The molecule has 0 atom stereocenters. The van der Waals surface area contributed by atoms with Crippen molar-refractivity contribution in [3.63, 3.8) is 0 Å². The molecule has 1 saturated heterocycles. The average Bonchev–Trinajstić information content (AvgIpc) is 3.03. The van der Waals surface area contributed by atoms with Crippen LogP contribution in [0.2, 0.25) is 0 Å². The molecule has 1 aliphatic heterocycles. The molecule has 0 radical (unpaired) electrons. The van der Waals surface area contributed by atoms with Gasteiger partial charge in [-0.1, -0.05) is 115 Å². The highest BCUT2D eigenvalue weighted by molar-refractivity contribution is 5.91. The van der Waals surface area contributed by atoms with E-state index in [0.717, 1.165) is 31.7 Å². The molecule has 1 heterocycles. The summed E-state index contributed by atoms with van der Waals surface area (Å²) in [5.41, 5.74) is 1.43. The molecule has 234 valence electrons. The Labute approximate surface area is 255 Å². The molecule has 0 spiro atoms. The molecular weight excluding hydrogens is 524 g/mol. The number of unbranched alkanes of at least 4 members (excludes halogenated alkanes) is 13. The van der Waals surface area contributed by atoms with E-state index in [9.17, 15) is 4.79 Å². The molecule has 42 heavy (non-hydrogen) atoms. The summed E-state index contributed by atoms with van der Waals surface area (Å²) in [6, 6.07) is 12.9. The molecule has 0 aliphatic carbocycles. The van der Waals surface area contributed by atoms with E-state index in [1.54, 1.807) is 26.4 Å². The number of methoxy groups -OCH3 is 2. The second-order valence-electron chi connectivity index (χ2n) is 11.8. The number of rotatable bonds is 21. The first kappa shape index (κ1) is 33.9. The maximum absolute atomic E-state index is 12.9. The van der Waals surface area contributed by atoms with Crippen LogP contribution in [0.15, 0.2) is 42.5 Å². The standard InChI is InChI=1S/C36H56N2O4/c1-4-5-6-7-8-9-10-11-12-13-14-15-16-20-25-37-26-28-38(29-27-37)30-32-23-24-33(40-2)35(41-3)34(32)42-36(39)31-21-18-17-19-22-31/h17-19,21-24H,4-16,20,25-30H2,1-3H3. The van der Waals surface area contributed by atoms with E-state index >= 15 is 0 Å². The largest absolute Gasteiger partial charge is 0.493 e. The normalized spacial score (nSPS) is 14.2. The quantitative estimate of drug-likeness (QED) is 0.0838. The van der Waals surface area contributed by atoms with Crippen molar-refractivity contribution in [2.45, 2.75) is 103 Å². The number of piperazine rings is 1. The van der Waals surface area contributed by atoms with Crippen LogP contribution in [0.25, 0.3) is 0 Å². The zero-order valence-electron chi connectivity index (χ0n) is 26.7. The van der Waals surface area contributed by atoms with E-state index in [2.05, 4.69) is 16.7 Å². The van der Waals surface area contributed by atoms with E-state index in [-0.39, 0.29) is 0 Å². The van der Waals surface area contributed by atoms with Crippen molar-refractivity contribution in [3.8, 4) is 17.2 Å². The van der Waals surface area contributed by atoms with Crippen molar-refractivity contribution >= 4 is 5.97 Å². The van der Waals surface area contributed by atoms with Crippen molar-refractivity contribution in [1.82, 2.24) is 9.80 Å². The van der Waals surface area contributed by atoms with Crippen LogP contribution in [0.1, 0.15) is 113 Å². The zero-order chi connectivity index (χ0) is 29.8. The first-order valence-corrected chi connectivity index (χ1v) is 16.6. The second-order valence-corrected chi connectivity index (χ2v) is 11.8. The third kappa shape index (κ3) is 12.0. The van der Waals surface area contributed by atoms with Gasteiger partial charge in [0.25, 0.3) is 0 Å². The van der Waals surface area contributed by atoms with Gasteiger partial charge in [-0.25, -0.2) is 4.79 Å². The molecule has 0 amide bonds. The minimum absolute atomic E-state index is 0.401.